The minimum Gasteiger partial charge on any atom is -0.391 e. The number of aliphatic hydroxyl groups is 1. The highest BCUT2D eigenvalue weighted by atomic mass is 32.2. The van der Waals surface area contributed by atoms with E-state index in [1.54, 1.807) is 12.1 Å². The predicted octanol–water partition coefficient (Wildman–Crippen LogP) is 6.11. The maximum absolute atomic E-state index is 13.5. The molecule has 13 heteroatoms. The summed E-state index contributed by atoms with van der Waals surface area (Å²) in [5, 5.41) is 19.5. The first-order valence-corrected chi connectivity index (χ1v) is 17.0. The van der Waals surface area contributed by atoms with Gasteiger partial charge in [0.05, 0.1) is 39.4 Å². The number of hydrogen-bond donors (Lipinski definition) is 1. The first kappa shape index (κ1) is 34.5. The molecule has 8 nitrogen and oxygen atoms in total. The lowest BCUT2D eigenvalue weighted by Crippen LogP contribution is -2.42. The Labute approximate surface area is 285 Å². The van der Waals surface area contributed by atoms with Gasteiger partial charge in [-0.25, -0.2) is 4.39 Å². The minimum atomic E-state index is -4.39. The van der Waals surface area contributed by atoms with E-state index in [9.17, 15) is 27.5 Å². The van der Waals surface area contributed by atoms with E-state index in [0.29, 0.717) is 59.4 Å². The van der Waals surface area contributed by atoms with Gasteiger partial charge in [0.1, 0.15) is 18.9 Å². The molecule has 1 N–H and O–H groups in total. The normalized spacial score (nSPS) is 13.2. The molecule has 256 valence electrons. The van der Waals surface area contributed by atoms with Gasteiger partial charge < -0.3 is 18.7 Å². The average Bonchev–Trinajstić information content (AvgIpc) is 3.70. The van der Waals surface area contributed by atoms with Crippen LogP contribution in [-0.2, 0) is 44.4 Å². The van der Waals surface area contributed by atoms with Crippen molar-refractivity contribution in [3.8, 4) is 11.1 Å². The molecule has 0 fully saturated rings. The quantitative estimate of drug-likeness (QED) is 0.0736. The van der Waals surface area contributed by atoms with Crippen LogP contribution in [0.2, 0.25) is 0 Å². The molecule has 3 aromatic carbocycles. The van der Waals surface area contributed by atoms with E-state index in [-0.39, 0.29) is 18.0 Å². The average molecular weight is 694 g/mol. The van der Waals surface area contributed by atoms with Crippen molar-refractivity contribution >= 4 is 11.8 Å². The van der Waals surface area contributed by atoms with Crippen molar-refractivity contribution in [3.63, 3.8) is 0 Å². The fourth-order valence-electron chi connectivity index (χ4n) is 6.09. The number of likely N-dealkylation sites (N-methyl/N-ethyl adjacent to an activating group) is 1. The van der Waals surface area contributed by atoms with Crippen LogP contribution in [0, 0.1) is 5.82 Å². The summed E-state index contributed by atoms with van der Waals surface area (Å²) in [6, 6.07) is 19.0. The van der Waals surface area contributed by atoms with Gasteiger partial charge in [0.25, 0.3) is 5.56 Å². The minimum absolute atomic E-state index is 0.0171. The van der Waals surface area contributed by atoms with Crippen molar-refractivity contribution < 1.29 is 27.2 Å². The lowest BCUT2D eigenvalue weighted by Gasteiger charge is -2.28. The molecule has 1 aliphatic rings. The number of benzene rings is 3. The SMILES string of the molecule is C[N+](C)(CCO)Cc1nnc(Cn2c(SCc3ccc(F)cc3)nc(=O)c3c2CCC3)n1Cc1ccc(-c2ccc(C(F)(F)F)cc2)cc1. The Hall–Kier alpha value is -4.33. The predicted molar refractivity (Wildman–Crippen MR) is 179 cm³/mol. The van der Waals surface area contributed by atoms with E-state index in [1.807, 2.05) is 38.4 Å². The lowest BCUT2D eigenvalue weighted by atomic mass is 10.0. The monoisotopic (exact) mass is 693 g/mol. The molecule has 0 saturated carbocycles. The van der Waals surface area contributed by atoms with Crippen LogP contribution < -0.4 is 5.56 Å². The number of rotatable bonds is 12. The van der Waals surface area contributed by atoms with Gasteiger partial charge >= 0.3 is 6.18 Å². The third-order valence-electron chi connectivity index (χ3n) is 8.80. The number of quaternary nitrogens is 1. The van der Waals surface area contributed by atoms with Crippen LogP contribution in [0.4, 0.5) is 17.6 Å². The van der Waals surface area contributed by atoms with Crippen molar-refractivity contribution in [2.24, 2.45) is 0 Å². The molecule has 5 aromatic rings. The molecule has 0 amide bonds. The second-order valence-electron chi connectivity index (χ2n) is 12.9. The van der Waals surface area contributed by atoms with Crippen LogP contribution in [0.15, 0.2) is 82.7 Å². The number of thioether (sulfide) groups is 1. The molecule has 1 aliphatic carbocycles. The number of aromatic nitrogens is 5. The maximum atomic E-state index is 13.5. The highest BCUT2D eigenvalue weighted by Crippen LogP contribution is 2.31. The Bertz CT molecular complexity index is 1970. The lowest BCUT2D eigenvalue weighted by molar-refractivity contribution is -0.904. The first-order chi connectivity index (χ1) is 23.4. The van der Waals surface area contributed by atoms with Gasteiger partial charge in [-0.15, -0.1) is 10.2 Å². The van der Waals surface area contributed by atoms with Crippen LogP contribution in [0.3, 0.4) is 0 Å². The largest absolute Gasteiger partial charge is 0.416 e. The van der Waals surface area contributed by atoms with E-state index < -0.39 is 11.7 Å². The Morgan fingerprint density at radius 2 is 1.47 bits per heavy atom. The number of halogens is 4. The van der Waals surface area contributed by atoms with Gasteiger partial charge in [-0.05, 0) is 65.8 Å². The van der Waals surface area contributed by atoms with Crippen LogP contribution in [0.5, 0.6) is 0 Å². The van der Waals surface area contributed by atoms with Crippen LogP contribution in [-0.4, -0.2) is 61.2 Å². The van der Waals surface area contributed by atoms with E-state index in [4.69, 9.17) is 0 Å². The molecule has 6 rings (SSSR count). The van der Waals surface area contributed by atoms with Gasteiger partial charge in [-0.3, -0.25) is 4.79 Å². The van der Waals surface area contributed by atoms with Crippen molar-refractivity contribution in [2.45, 2.75) is 56.0 Å². The zero-order valence-corrected chi connectivity index (χ0v) is 28.1. The van der Waals surface area contributed by atoms with Crippen LogP contribution in [0.25, 0.3) is 11.1 Å². The zero-order chi connectivity index (χ0) is 34.8. The molecule has 2 heterocycles. The van der Waals surface area contributed by atoms with Crippen molar-refractivity contribution in [2.75, 3.05) is 27.2 Å². The zero-order valence-electron chi connectivity index (χ0n) is 27.3. The number of nitrogens with zero attached hydrogens (tertiary/aromatic N) is 6. The molecular formula is C36H37F4N6O2S+. The fraction of sp³-hybridized carbons (Fsp3) is 0.333. The van der Waals surface area contributed by atoms with Crippen molar-refractivity contribution in [1.29, 1.82) is 0 Å². The Morgan fingerprint density at radius 1 is 0.837 bits per heavy atom. The number of hydrogen-bond acceptors (Lipinski definition) is 6. The molecule has 0 unspecified atom stereocenters. The van der Waals surface area contributed by atoms with E-state index in [0.717, 1.165) is 58.7 Å². The van der Waals surface area contributed by atoms with Crippen molar-refractivity contribution in [3.05, 3.63) is 129 Å². The number of aliphatic hydroxyl groups excluding tert-OH is 1. The standard InChI is InChI=1S/C36H37F4N6O2S/c1-46(2,18-19-47)22-33-43-42-32(45(33)20-24-6-10-26(11-7-24)27-12-14-28(15-13-27)36(38,39)40)21-44-31-5-3-4-30(31)34(48)41-35(44)49-23-25-8-16-29(37)17-9-25/h6-17,47H,3-5,18-23H2,1-2H3/q+1. The summed E-state index contributed by atoms with van der Waals surface area (Å²) < 4.78 is 57.3. The van der Waals surface area contributed by atoms with Crippen LogP contribution >= 0.6 is 11.8 Å². The molecule has 2 aromatic heterocycles. The summed E-state index contributed by atoms with van der Waals surface area (Å²) in [4.78, 5) is 17.5. The molecule has 0 saturated heterocycles. The van der Waals surface area contributed by atoms with Gasteiger partial charge in [0.15, 0.2) is 16.8 Å². The first-order valence-electron chi connectivity index (χ1n) is 16.0. The molecule has 0 radical (unpaired) electrons. The summed E-state index contributed by atoms with van der Waals surface area (Å²) in [6.07, 6.45) is -2.13. The summed E-state index contributed by atoms with van der Waals surface area (Å²) >= 11 is 1.42. The van der Waals surface area contributed by atoms with E-state index in [2.05, 4.69) is 24.3 Å². The number of alkyl halides is 3. The van der Waals surface area contributed by atoms with Crippen molar-refractivity contribution in [1.82, 2.24) is 24.3 Å². The molecule has 0 aliphatic heterocycles. The Balaban J connectivity index is 1.32. The summed E-state index contributed by atoms with van der Waals surface area (Å²) in [5.41, 5.74) is 4.07. The van der Waals surface area contributed by atoms with Gasteiger partial charge in [0.2, 0.25) is 0 Å². The highest BCUT2D eigenvalue weighted by molar-refractivity contribution is 7.98. The smallest absolute Gasteiger partial charge is 0.391 e. The molecule has 0 bridgehead atoms. The molecular weight excluding hydrogens is 656 g/mol. The maximum Gasteiger partial charge on any atom is 0.416 e. The van der Waals surface area contributed by atoms with Gasteiger partial charge in [-0.1, -0.05) is 60.3 Å². The molecule has 0 atom stereocenters. The molecule has 0 spiro atoms. The Kier molecular flexibility index (Phi) is 10.0. The third-order valence-corrected chi connectivity index (χ3v) is 9.85. The van der Waals surface area contributed by atoms with Gasteiger partial charge in [0, 0.05) is 17.0 Å². The second kappa shape index (κ2) is 14.3. The Morgan fingerprint density at radius 3 is 2.12 bits per heavy atom. The highest BCUT2D eigenvalue weighted by Gasteiger charge is 2.30. The van der Waals surface area contributed by atoms with Gasteiger partial charge in [-0.2, -0.15) is 18.2 Å². The third kappa shape index (κ3) is 8.11. The second-order valence-corrected chi connectivity index (χ2v) is 13.9. The fourth-order valence-corrected chi connectivity index (χ4v) is 7.05. The summed E-state index contributed by atoms with van der Waals surface area (Å²) in [5.74, 6) is 1.59. The number of fused-ring (bicyclic) bond motifs is 1. The topological polar surface area (TPSA) is 85.8 Å². The summed E-state index contributed by atoms with van der Waals surface area (Å²) in [7, 11) is 4.02. The van der Waals surface area contributed by atoms with Crippen LogP contribution in [0.1, 0.15) is 46.0 Å². The van der Waals surface area contributed by atoms with E-state index >= 15 is 0 Å². The summed E-state index contributed by atoms with van der Waals surface area (Å²) in [6.45, 7) is 1.79. The molecule has 49 heavy (non-hydrogen) atoms. The van der Waals surface area contributed by atoms with E-state index in [1.165, 1.54) is 36.0 Å².